The Hall–Kier alpha value is -0.396. The molecule has 1 radical (unpaired) electrons. The van der Waals surface area contributed by atoms with Crippen LogP contribution in [0.25, 0.3) is 16.8 Å². The zero-order valence-electron chi connectivity index (χ0n) is 7.62. The third-order valence-electron chi connectivity index (χ3n) is 2.05. The third kappa shape index (κ3) is 1.77. The van der Waals surface area contributed by atoms with Crippen molar-refractivity contribution in [3.8, 4) is 0 Å². The second-order valence-corrected chi connectivity index (χ2v) is 2.81. The Morgan fingerprint density at radius 1 is 1.38 bits per heavy atom. The van der Waals surface area contributed by atoms with Crippen molar-refractivity contribution in [2.45, 2.75) is 0 Å². The monoisotopic (exact) mass is 245 g/mol. The molecule has 1 aromatic carbocycles. The van der Waals surface area contributed by atoms with Gasteiger partial charge in [-0.25, -0.2) is 0 Å². The third-order valence-corrected chi connectivity index (χ3v) is 2.05. The Labute approximate surface area is 103 Å². The van der Waals surface area contributed by atoms with Gasteiger partial charge in [-0.3, -0.25) is 0 Å². The summed E-state index contributed by atoms with van der Waals surface area (Å²) in [4.78, 5) is 0. The van der Waals surface area contributed by atoms with Crippen LogP contribution in [-0.2, 0) is 39.8 Å². The van der Waals surface area contributed by atoms with Gasteiger partial charge in [0.1, 0.15) is 0 Å². The molecule has 0 bridgehead atoms. The number of benzene rings is 1. The summed E-state index contributed by atoms with van der Waals surface area (Å²) >= 11 is 0. The summed E-state index contributed by atoms with van der Waals surface area (Å²) in [5, 5.41) is 2.37. The van der Waals surface area contributed by atoms with Gasteiger partial charge in [-0.2, -0.15) is 0 Å². The van der Waals surface area contributed by atoms with E-state index in [4.69, 9.17) is 0 Å². The number of fused-ring (bicyclic) bond motifs is 1. The molecule has 0 saturated heterocycles. The van der Waals surface area contributed by atoms with Crippen LogP contribution in [0.4, 0.5) is 0 Å². The molecule has 1 nitrogen and oxygen atoms in total. The van der Waals surface area contributed by atoms with Gasteiger partial charge in [0.2, 0.25) is 0 Å². The number of hydrogen-bond donors (Lipinski definition) is 0. The van der Waals surface area contributed by atoms with Crippen molar-refractivity contribution in [1.29, 1.82) is 0 Å². The Morgan fingerprint density at radius 3 is 2.77 bits per heavy atom. The zero-order valence-corrected chi connectivity index (χ0v) is 10.5. The molecule has 63 valence electrons. The van der Waals surface area contributed by atoms with Crippen molar-refractivity contribution in [3.63, 3.8) is 0 Å². The van der Waals surface area contributed by atoms with Crippen LogP contribution in [0.2, 0.25) is 0 Å². The standard InChI is InChI=1S/C11H10N.Y/c1-3-11-10-7-5-4-6-9(10)8-12(11)2;/h3-7H,1H2,2H3;/q-1;. The zero-order chi connectivity index (χ0) is 8.55. The van der Waals surface area contributed by atoms with Gasteiger partial charge in [-0.1, -0.05) is 24.0 Å². The van der Waals surface area contributed by atoms with E-state index < -0.39 is 0 Å². The molecule has 0 spiro atoms. The molecule has 0 fully saturated rings. The first-order valence-corrected chi connectivity index (χ1v) is 3.92. The van der Waals surface area contributed by atoms with Crippen LogP contribution >= 0.6 is 0 Å². The summed E-state index contributed by atoms with van der Waals surface area (Å²) in [5.74, 6) is 0. The number of aryl methyl sites for hydroxylation is 1. The van der Waals surface area contributed by atoms with E-state index in [0.717, 1.165) is 11.1 Å². The average Bonchev–Trinajstić information content (AvgIpc) is 2.40. The van der Waals surface area contributed by atoms with Gasteiger partial charge in [-0.15, -0.1) is 35.6 Å². The van der Waals surface area contributed by atoms with E-state index in [0.29, 0.717) is 0 Å². The Kier molecular flexibility index (Phi) is 3.46. The van der Waals surface area contributed by atoms with Crippen molar-refractivity contribution in [1.82, 2.24) is 4.57 Å². The van der Waals surface area contributed by atoms with E-state index >= 15 is 0 Å². The summed E-state index contributed by atoms with van der Waals surface area (Å²) in [5.41, 5.74) is 1.13. The van der Waals surface area contributed by atoms with Gasteiger partial charge in [0, 0.05) is 32.7 Å². The van der Waals surface area contributed by atoms with E-state index in [1.54, 1.807) is 0 Å². The Balaban J connectivity index is 0.000000845. The van der Waals surface area contributed by atoms with Crippen molar-refractivity contribution in [2.75, 3.05) is 0 Å². The summed E-state index contributed by atoms with van der Waals surface area (Å²) in [6.45, 7) is 3.77. The topological polar surface area (TPSA) is 4.93 Å². The first-order valence-electron chi connectivity index (χ1n) is 3.92. The van der Waals surface area contributed by atoms with Crippen LogP contribution in [0.1, 0.15) is 5.69 Å². The smallest absolute Gasteiger partial charge is 0 e. The summed E-state index contributed by atoms with van der Waals surface area (Å²) < 4.78 is 1.97. The van der Waals surface area contributed by atoms with E-state index in [1.165, 1.54) is 5.39 Å². The SMILES string of the molecule is C=Cc1c2ccccc2[c-]n1C.[Y]. The van der Waals surface area contributed by atoms with Crippen LogP contribution in [0, 0.1) is 6.20 Å². The molecule has 2 rings (SSSR count). The fourth-order valence-corrected chi connectivity index (χ4v) is 1.47. The molecule has 1 heterocycles. The molecule has 0 unspecified atom stereocenters. The maximum absolute atomic E-state index is 3.77. The van der Waals surface area contributed by atoms with Gasteiger partial charge < -0.3 is 4.57 Å². The van der Waals surface area contributed by atoms with E-state index in [2.05, 4.69) is 24.9 Å². The summed E-state index contributed by atoms with van der Waals surface area (Å²) in [6.07, 6.45) is 5.08. The van der Waals surface area contributed by atoms with Gasteiger partial charge >= 0.3 is 0 Å². The molecule has 0 N–H and O–H groups in total. The van der Waals surface area contributed by atoms with Crippen molar-refractivity contribution in [2.24, 2.45) is 7.05 Å². The van der Waals surface area contributed by atoms with Gasteiger partial charge in [0.15, 0.2) is 0 Å². The molecular formula is C11H10NY-. The normalized spacial score (nSPS) is 9.62. The van der Waals surface area contributed by atoms with Gasteiger partial charge in [0.25, 0.3) is 0 Å². The average molecular weight is 245 g/mol. The molecular weight excluding hydrogens is 235 g/mol. The Morgan fingerprint density at radius 2 is 2.08 bits per heavy atom. The predicted octanol–water partition coefficient (Wildman–Crippen LogP) is 2.62. The molecule has 0 atom stereocenters. The number of nitrogens with zero attached hydrogens (tertiary/aromatic N) is 1. The van der Waals surface area contributed by atoms with Crippen molar-refractivity contribution < 1.29 is 32.7 Å². The van der Waals surface area contributed by atoms with Crippen LogP contribution in [0.3, 0.4) is 0 Å². The molecule has 2 heteroatoms. The second-order valence-electron chi connectivity index (χ2n) is 2.81. The molecule has 2 aromatic rings. The number of hydrogen-bond acceptors (Lipinski definition) is 0. The van der Waals surface area contributed by atoms with Crippen LogP contribution in [0.15, 0.2) is 30.8 Å². The van der Waals surface area contributed by atoms with E-state index in [9.17, 15) is 0 Å². The maximum Gasteiger partial charge on any atom is 0 e. The second kappa shape index (κ2) is 4.21. The largest absolute Gasteiger partial charge is 0.436 e. The molecule has 13 heavy (non-hydrogen) atoms. The van der Waals surface area contributed by atoms with Crippen molar-refractivity contribution in [3.05, 3.63) is 42.7 Å². The molecule has 0 aliphatic carbocycles. The predicted molar refractivity (Wildman–Crippen MR) is 51.8 cm³/mol. The minimum atomic E-state index is 0. The summed E-state index contributed by atoms with van der Waals surface area (Å²) in [7, 11) is 1.98. The quantitative estimate of drug-likeness (QED) is 0.680. The van der Waals surface area contributed by atoms with Gasteiger partial charge in [0.05, 0.1) is 0 Å². The van der Waals surface area contributed by atoms with Crippen LogP contribution in [-0.4, -0.2) is 4.57 Å². The first-order chi connectivity index (χ1) is 5.83. The fourth-order valence-electron chi connectivity index (χ4n) is 1.47. The first kappa shape index (κ1) is 10.7. The molecule has 0 saturated carbocycles. The van der Waals surface area contributed by atoms with Gasteiger partial charge in [-0.05, 0) is 7.05 Å². The Bertz CT molecular complexity index is 429. The fraction of sp³-hybridized carbons (Fsp3) is 0.0909. The molecule has 0 aliphatic rings. The molecule has 1 aromatic heterocycles. The van der Waals surface area contributed by atoms with E-state index in [-0.39, 0.29) is 32.7 Å². The molecule has 0 amide bonds. The number of rotatable bonds is 1. The minimum absolute atomic E-state index is 0. The minimum Gasteiger partial charge on any atom is -0.436 e. The number of aromatic nitrogens is 1. The summed E-state index contributed by atoms with van der Waals surface area (Å²) in [6, 6.07) is 8.19. The molecule has 0 aliphatic heterocycles. The van der Waals surface area contributed by atoms with Crippen LogP contribution < -0.4 is 0 Å². The van der Waals surface area contributed by atoms with E-state index in [1.807, 2.05) is 29.8 Å². The van der Waals surface area contributed by atoms with Crippen LogP contribution in [0.5, 0.6) is 0 Å². The van der Waals surface area contributed by atoms with Crippen molar-refractivity contribution >= 4 is 16.8 Å². The maximum atomic E-state index is 3.77.